The fourth-order valence-corrected chi connectivity index (χ4v) is 6.46. The molecule has 0 saturated heterocycles. The minimum absolute atomic E-state index is 0.706. The van der Waals surface area contributed by atoms with Gasteiger partial charge < -0.3 is 0 Å². The maximum atomic E-state index is 4.38. The first kappa shape index (κ1) is 16.4. The third-order valence-corrected chi connectivity index (χ3v) is 7.71. The summed E-state index contributed by atoms with van der Waals surface area (Å²) in [7, 11) is -2.24. The molecule has 0 heterocycles. The second-order valence-corrected chi connectivity index (χ2v) is 18.9. The zero-order valence-electron chi connectivity index (χ0n) is 13.6. The molecule has 1 aromatic rings. The summed E-state index contributed by atoms with van der Waals surface area (Å²) in [6, 6.07) is 12.3. The maximum absolute atomic E-state index is 4.38. The topological polar surface area (TPSA) is 0 Å². The van der Waals surface area contributed by atoms with E-state index in [0.717, 1.165) is 0 Å². The quantitative estimate of drug-likeness (QED) is 0.450. The van der Waals surface area contributed by atoms with Gasteiger partial charge in [-0.05, 0) is 23.6 Å². The molecule has 0 spiro atoms. The fourth-order valence-electron chi connectivity index (χ4n) is 2.72. The molecule has 0 fully saturated rings. The highest BCUT2D eigenvalue weighted by Crippen LogP contribution is 2.34. The molecule has 0 saturated carbocycles. The van der Waals surface area contributed by atoms with Crippen LogP contribution in [-0.4, -0.2) is 16.1 Å². The molecular formula is C17H30Si2. The number of hydrogen-bond donors (Lipinski definition) is 0. The lowest BCUT2D eigenvalue weighted by molar-refractivity contribution is 0.863. The van der Waals surface area contributed by atoms with E-state index in [0.29, 0.717) is 5.54 Å². The van der Waals surface area contributed by atoms with E-state index in [1.807, 2.05) is 0 Å². The lowest BCUT2D eigenvalue weighted by atomic mass is 10.1. The summed E-state index contributed by atoms with van der Waals surface area (Å²) in [4.78, 5) is 0. The van der Waals surface area contributed by atoms with Crippen molar-refractivity contribution >= 4 is 16.1 Å². The second kappa shape index (κ2) is 6.23. The Bertz CT molecular complexity index is 407. The highest BCUT2D eigenvalue weighted by Gasteiger charge is 2.29. The highest BCUT2D eigenvalue weighted by molar-refractivity contribution is 6.78. The smallest absolute Gasteiger partial charge is 0.0525 e. The van der Waals surface area contributed by atoms with Crippen LogP contribution in [-0.2, 0) is 0 Å². The maximum Gasteiger partial charge on any atom is 0.0525 e. The van der Waals surface area contributed by atoms with Crippen molar-refractivity contribution in [3.63, 3.8) is 0 Å². The number of allylic oxidation sites excluding steroid dienone is 1. The van der Waals surface area contributed by atoms with E-state index in [2.05, 4.69) is 76.2 Å². The molecule has 1 unspecified atom stereocenters. The van der Waals surface area contributed by atoms with Crippen LogP contribution in [0.1, 0.15) is 17.5 Å². The Morgan fingerprint density at radius 2 is 1.53 bits per heavy atom. The van der Waals surface area contributed by atoms with Crippen molar-refractivity contribution in [2.24, 2.45) is 0 Å². The molecule has 1 rings (SSSR count). The molecule has 0 nitrogen and oxygen atoms in total. The van der Waals surface area contributed by atoms with Crippen LogP contribution in [0.3, 0.4) is 0 Å². The molecule has 0 aliphatic rings. The molecular weight excluding hydrogens is 260 g/mol. The molecule has 0 aromatic heterocycles. The van der Waals surface area contributed by atoms with Crippen LogP contribution >= 0.6 is 0 Å². The molecule has 106 valence electrons. The molecule has 19 heavy (non-hydrogen) atoms. The fraction of sp³-hybridized carbons (Fsp3) is 0.529. The molecule has 0 aliphatic carbocycles. The van der Waals surface area contributed by atoms with Gasteiger partial charge in [0.25, 0.3) is 0 Å². The zero-order valence-corrected chi connectivity index (χ0v) is 15.6. The zero-order chi connectivity index (χ0) is 14.7. The molecule has 0 radical (unpaired) electrons. The molecule has 2 heteroatoms. The van der Waals surface area contributed by atoms with E-state index in [1.54, 1.807) is 0 Å². The van der Waals surface area contributed by atoms with Crippen LogP contribution < -0.4 is 0 Å². The SMILES string of the molecule is C=C(CC(c1ccccc1)[Si](C)(C)C)C[Si](C)(C)C. The normalized spacial score (nSPS) is 14.2. The van der Waals surface area contributed by atoms with Gasteiger partial charge in [0.1, 0.15) is 0 Å². The van der Waals surface area contributed by atoms with Crippen molar-refractivity contribution in [3.05, 3.63) is 48.0 Å². The molecule has 1 aromatic carbocycles. The Balaban J connectivity index is 2.87. The lowest BCUT2D eigenvalue weighted by Gasteiger charge is -2.31. The average Bonchev–Trinajstić information content (AvgIpc) is 2.23. The first-order valence-electron chi connectivity index (χ1n) is 7.31. The number of hydrogen-bond acceptors (Lipinski definition) is 0. The predicted octanol–water partition coefficient (Wildman–Crippen LogP) is 5.93. The van der Waals surface area contributed by atoms with E-state index >= 15 is 0 Å². The largest absolute Gasteiger partial charge is 0.100 e. The van der Waals surface area contributed by atoms with Crippen LogP contribution in [0.15, 0.2) is 42.5 Å². The van der Waals surface area contributed by atoms with Crippen LogP contribution in [0.5, 0.6) is 0 Å². The minimum atomic E-state index is -1.21. The second-order valence-electron chi connectivity index (χ2n) is 8.02. The van der Waals surface area contributed by atoms with Gasteiger partial charge in [-0.15, -0.1) is 6.58 Å². The van der Waals surface area contributed by atoms with Crippen molar-refractivity contribution in [1.82, 2.24) is 0 Å². The average molecular weight is 291 g/mol. The van der Waals surface area contributed by atoms with Gasteiger partial charge in [0, 0.05) is 8.07 Å². The van der Waals surface area contributed by atoms with Crippen LogP contribution in [0.25, 0.3) is 0 Å². The van der Waals surface area contributed by atoms with E-state index in [4.69, 9.17) is 0 Å². The van der Waals surface area contributed by atoms with Gasteiger partial charge in [0.15, 0.2) is 0 Å². The third-order valence-electron chi connectivity index (χ3n) is 3.52. The van der Waals surface area contributed by atoms with Crippen molar-refractivity contribution < 1.29 is 0 Å². The van der Waals surface area contributed by atoms with Crippen LogP contribution in [0, 0.1) is 0 Å². The predicted molar refractivity (Wildman–Crippen MR) is 94.4 cm³/mol. The molecule has 1 atom stereocenters. The third kappa shape index (κ3) is 5.92. The first-order valence-corrected chi connectivity index (χ1v) is 14.6. The number of rotatable bonds is 6. The van der Waals surface area contributed by atoms with Gasteiger partial charge >= 0.3 is 0 Å². The van der Waals surface area contributed by atoms with E-state index in [-0.39, 0.29) is 0 Å². The Kier molecular flexibility index (Phi) is 5.39. The van der Waals surface area contributed by atoms with Gasteiger partial charge in [-0.1, -0.05) is 75.2 Å². The first-order chi connectivity index (χ1) is 8.59. The summed E-state index contributed by atoms with van der Waals surface area (Å²) in [6.07, 6.45) is 1.18. The summed E-state index contributed by atoms with van der Waals surface area (Å²) < 4.78 is 0. The lowest BCUT2D eigenvalue weighted by Crippen LogP contribution is -2.32. The molecule has 0 aliphatic heterocycles. The van der Waals surface area contributed by atoms with Crippen LogP contribution in [0.4, 0.5) is 0 Å². The summed E-state index contributed by atoms with van der Waals surface area (Å²) in [6.45, 7) is 19.1. The Morgan fingerprint density at radius 1 is 1.00 bits per heavy atom. The summed E-state index contributed by atoms with van der Waals surface area (Å²) in [5.74, 6) is 0. The van der Waals surface area contributed by atoms with Crippen molar-refractivity contribution in [1.29, 1.82) is 0 Å². The van der Waals surface area contributed by atoms with Gasteiger partial charge in [0.2, 0.25) is 0 Å². The summed E-state index contributed by atoms with van der Waals surface area (Å²) in [5, 5.41) is 0. The minimum Gasteiger partial charge on any atom is -0.100 e. The molecule has 0 bridgehead atoms. The van der Waals surface area contributed by atoms with Gasteiger partial charge in [-0.2, -0.15) is 0 Å². The molecule has 0 N–H and O–H groups in total. The van der Waals surface area contributed by atoms with E-state index < -0.39 is 16.1 Å². The van der Waals surface area contributed by atoms with Gasteiger partial charge in [-0.25, -0.2) is 0 Å². The van der Waals surface area contributed by atoms with Crippen molar-refractivity contribution in [3.8, 4) is 0 Å². The summed E-state index contributed by atoms with van der Waals surface area (Å²) in [5.41, 5.74) is 3.69. The van der Waals surface area contributed by atoms with Crippen LogP contribution in [0.2, 0.25) is 45.3 Å². The van der Waals surface area contributed by atoms with Gasteiger partial charge in [-0.3, -0.25) is 0 Å². The monoisotopic (exact) mass is 290 g/mol. The van der Waals surface area contributed by atoms with E-state index in [9.17, 15) is 0 Å². The standard InChI is InChI=1S/C17H30Si2/c1-15(14-18(2,3)4)13-17(19(5,6)7)16-11-9-8-10-12-16/h8-12,17H,1,13-14H2,2-7H3. The Morgan fingerprint density at radius 3 is 1.95 bits per heavy atom. The number of benzene rings is 1. The highest BCUT2D eigenvalue weighted by atomic mass is 28.3. The summed E-state index contributed by atoms with van der Waals surface area (Å²) >= 11 is 0. The van der Waals surface area contributed by atoms with Crippen molar-refractivity contribution in [2.45, 2.75) is 57.3 Å². The Labute approximate surface area is 122 Å². The van der Waals surface area contributed by atoms with Gasteiger partial charge in [0.05, 0.1) is 8.07 Å². The van der Waals surface area contributed by atoms with E-state index in [1.165, 1.54) is 23.6 Å². The molecule has 0 amide bonds. The van der Waals surface area contributed by atoms with Crippen molar-refractivity contribution in [2.75, 3.05) is 0 Å². The Hall–Kier alpha value is -0.606.